The molecule has 6 aliphatic carbocycles. The summed E-state index contributed by atoms with van der Waals surface area (Å²) in [5.41, 5.74) is 10.1. The van der Waals surface area contributed by atoms with Crippen LogP contribution < -0.4 is 0 Å². The number of rotatable bonds is 3. The van der Waals surface area contributed by atoms with Gasteiger partial charge in [-0.3, -0.25) is 0 Å². The number of ether oxygens (including phenoxy) is 2. The van der Waals surface area contributed by atoms with Gasteiger partial charge in [0.05, 0.1) is 10.8 Å². The van der Waals surface area contributed by atoms with Crippen LogP contribution >= 0.6 is 0 Å². The lowest BCUT2D eigenvalue weighted by Crippen LogP contribution is -2.62. The number of hydrogen-bond donors (Lipinski definition) is 0. The molecule has 12 rings (SSSR count). The number of benzene rings is 4. The first-order valence-corrected chi connectivity index (χ1v) is 16.2. The third kappa shape index (κ3) is 2.59. The van der Waals surface area contributed by atoms with Crippen LogP contribution in [0.1, 0.15) is 85.0 Å². The molecular weight excluding hydrogens is 540 g/mol. The largest absolute Gasteiger partial charge is 0.474 e. The maximum absolute atomic E-state index is 6.89. The van der Waals surface area contributed by atoms with Gasteiger partial charge < -0.3 is 9.47 Å². The van der Waals surface area contributed by atoms with Gasteiger partial charge in [-0.15, -0.1) is 0 Å². The quantitative estimate of drug-likeness (QED) is 0.256. The molecule has 0 unspecified atom stereocenters. The maximum atomic E-state index is 6.89. The standard InChI is InChI=1S/C40H36N2O2/c1-37-23-13-5-9-17-27(23)39(3,28-18-10-6-14-24(28)37)35-33(37)41-31(43-35)21-22-32-42-34-36(44-32)40(4)29-19-11-7-15-25(29)38(34,2)26-16-8-12-20-30(26)40/h5-20,33-36H,21-22H2,1-4H3/t33-,34-,35+,36+,37?,38?,39?,40?/m1/s1. The van der Waals surface area contributed by atoms with E-state index in [4.69, 9.17) is 19.5 Å². The van der Waals surface area contributed by atoms with Gasteiger partial charge in [0.15, 0.2) is 11.8 Å². The summed E-state index contributed by atoms with van der Waals surface area (Å²) in [6.07, 6.45) is 1.33. The fourth-order valence-corrected chi connectivity index (χ4v) is 10.5. The van der Waals surface area contributed by atoms with E-state index < -0.39 is 0 Å². The Hall–Kier alpha value is -4.18. The zero-order valence-electron chi connectivity index (χ0n) is 25.7. The van der Waals surface area contributed by atoms with E-state index in [0.29, 0.717) is 12.8 Å². The van der Waals surface area contributed by atoms with Gasteiger partial charge in [0.25, 0.3) is 0 Å². The minimum absolute atomic E-state index is 0.0287. The van der Waals surface area contributed by atoms with Crippen molar-refractivity contribution in [2.24, 2.45) is 9.98 Å². The fourth-order valence-electron chi connectivity index (χ4n) is 10.5. The van der Waals surface area contributed by atoms with Gasteiger partial charge in [-0.25, -0.2) is 9.98 Å². The number of hydrogen-bond acceptors (Lipinski definition) is 4. The molecule has 218 valence electrons. The number of aliphatic imine (C=N–C) groups is 2. The lowest BCUT2D eigenvalue weighted by molar-refractivity contribution is 0.0708. The van der Waals surface area contributed by atoms with Crippen molar-refractivity contribution < 1.29 is 9.47 Å². The molecule has 0 saturated carbocycles. The monoisotopic (exact) mass is 576 g/mol. The summed E-state index contributed by atoms with van der Waals surface area (Å²) in [7, 11) is 0. The normalized spacial score (nSPS) is 37.4. The Labute approximate surface area is 258 Å². The molecule has 4 atom stereocenters. The van der Waals surface area contributed by atoms with Crippen LogP contribution in [0.3, 0.4) is 0 Å². The van der Waals surface area contributed by atoms with E-state index >= 15 is 0 Å². The summed E-state index contributed by atoms with van der Waals surface area (Å²) in [5.74, 6) is 1.68. The predicted molar refractivity (Wildman–Crippen MR) is 173 cm³/mol. The van der Waals surface area contributed by atoms with Crippen molar-refractivity contribution in [3.63, 3.8) is 0 Å². The first kappa shape index (κ1) is 25.2. The molecule has 4 bridgehead atoms. The average Bonchev–Trinajstić information content (AvgIpc) is 3.72. The van der Waals surface area contributed by atoms with Crippen LogP contribution in [0.15, 0.2) is 107 Å². The van der Waals surface area contributed by atoms with Crippen molar-refractivity contribution in [1.82, 2.24) is 0 Å². The van der Waals surface area contributed by atoms with E-state index in [1.54, 1.807) is 0 Å². The molecule has 44 heavy (non-hydrogen) atoms. The highest BCUT2D eigenvalue weighted by Gasteiger charge is 2.67. The van der Waals surface area contributed by atoms with Gasteiger partial charge in [-0.1, -0.05) is 97.1 Å². The zero-order chi connectivity index (χ0) is 29.6. The molecule has 0 saturated heterocycles. The third-order valence-electron chi connectivity index (χ3n) is 12.7. The minimum Gasteiger partial charge on any atom is -0.474 e. The molecule has 4 aromatic carbocycles. The number of nitrogens with zero attached hydrogens (tertiary/aromatic N) is 2. The van der Waals surface area contributed by atoms with E-state index in [-0.39, 0.29) is 46.0 Å². The van der Waals surface area contributed by atoms with Crippen LogP contribution in [0.2, 0.25) is 0 Å². The van der Waals surface area contributed by atoms with Crippen LogP contribution in [0, 0.1) is 0 Å². The van der Waals surface area contributed by atoms with Crippen molar-refractivity contribution in [3.05, 3.63) is 142 Å². The summed E-state index contributed by atoms with van der Waals surface area (Å²) in [5, 5.41) is 0. The smallest absolute Gasteiger partial charge is 0.184 e. The summed E-state index contributed by atoms with van der Waals surface area (Å²) < 4.78 is 13.8. The highest BCUT2D eigenvalue weighted by Crippen LogP contribution is 2.63. The Morgan fingerprint density at radius 3 is 0.955 bits per heavy atom. The summed E-state index contributed by atoms with van der Waals surface area (Å²) in [4.78, 5) is 10.8. The van der Waals surface area contributed by atoms with Crippen molar-refractivity contribution in [2.45, 2.75) is 86.5 Å². The van der Waals surface area contributed by atoms with Crippen molar-refractivity contribution in [2.75, 3.05) is 0 Å². The van der Waals surface area contributed by atoms with Gasteiger partial charge in [0.1, 0.15) is 24.3 Å². The van der Waals surface area contributed by atoms with Crippen LogP contribution in [-0.2, 0) is 31.1 Å². The highest BCUT2D eigenvalue weighted by molar-refractivity contribution is 5.88. The molecule has 0 N–H and O–H groups in total. The Kier molecular flexibility index (Phi) is 4.52. The first-order valence-electron chi connectivity index (χ1n) is 16.2. The van der Waals surface area contributed by atoms with Crippen molar-refractivity contribution in [1.29, 1.82) is 0 Å². The summed E-state index contributed by atoms with van der Waals surface area (Å²) >= 11 is 0. The average molecular weight is 577 g/mol. The molecule has 0 amide bonds. The SMILES string of the molecule is CC12c3ccccc3C(C)(c3ccccc31)[C@H]1OC(CCC3=N[C@@H]4[C@H](O3)C3(C)c5ccccc5C4(C)c4ccccc43)=N[C@H]12. The molecule has 0 radical (unpaired) electrons. The first-order chi connectivity index (χ1) is 21.3. The van der Waals surface area contributed by atoms with E-state index in [2.05, 4.69) is 125 Å². The fraction of sp³-hybridized carbons (Fsp3) is 0.350. The molecule has 4 heteroatoms. The zero-order valence-corrected chi connectivity index (χ0v) is 25.7. The Bertz CT molecular complexity index is 1750. The van der Waals surface area contributed by atoms with Gasteiger partial charge in [-0.05, 0) is 72.2 Å². The van der Waals surface area contributed by atoms with Gasteiger partial charge in [0, 0.05) is 23.7 Å². The van der Waals surface area contributed by atoms with Crippen LogP contribution in [0.5, 0.6) is 0 Å². The van der Waals surface area contributed by atoms with Crippen molar-refractivity contribution >= 4 is 11.8 Å². The van der Waals surface area contributed by atoms with Crippen LogP contribution in [-0.4, -0.2) is 36.1 Å². The highest BCUT2D eigenvalue weighted by atomic mass is 16.5. The summed E-state index contributed by atoms with van der Waals surface area (Å²) in [6, 6.07) is 35.9. The second-order valence-electron chi connectivity index (χ2n) is 14.5. The van der Waals surface area contributed by atoms with Gasteiger partial charge >= 0.3 is 0 Å². The molecular formula is C40H36N2O2. The lowest BCUT2D eigenvalue weighted by Gasteiger charge is -2.57. The van der Waals surface area contributed by atoms with Crippen molar-refractivity contribution in [3.8, 4) is 0 Å². The second kappa shape index (κ2) is 7.90. The van der Waals surface area contributed by atoms with Crippen LogP contribution in [0.4, 0.5) is 0 Å². The lowest BCUT2D eigenvalue weighted by atomic mass is 9.47. The van der Waals surface area contributed by atoms with E-state index in [0.717, 1.165) is 11.8 Å². The summed E-state index contributed by atoms with van der Waals surface area (Å²) in [6.45, 7) is 9.47. The van der Waals surface area contributed by atoms with E-state index in [1.807, 2.05) is 0 Å². The molecule has 4 nitrogen and oxygen atoms in total. The second-order valence-corrected chi connectivity index (χ2v) is 14.5. The Morgan fingerprint density at radius 1 is 0.432 bits per heavy atom. The van der Waals surface area contributed by atoms with E-state index in [9.17, 15) is 0 Å². The third-order valence-corrected chi connectivity index (χ3v) is 12.7. The van der Waals surface area contributed by atoms with Gasteiger partial charge in [0.2, 0.25) is 0 Å². The topological polar surface area (TPSA) is 43.2 Å². The molecule has 0 spiro atoms. The molecule has 4 aromatic rings. The predicted octanol–water partition coefficient (Wildman–Crippen LogP) is 7.38. The van der Waals surface area contributed by atoms with Gasteiger partial charge in [-0.2, -0.15) is 0 Å². The Morgan fingerprint density at radius 2 is 0.682 bits per heavy atom. The maximum Gasteiger partial charge on any atom is 0.184 e. The Balaban J connectivity index is 0.989. The minimum atomic E-state index is -0.253. The molecule has 2 aliphatic heterocycles. The molecule has 0 aromatic heterocycles. The molecule has 8 aliphatic rings. The van der Waals surface area contributed by atoms with Crippen LogP contribution in [0.25, 0.3) is 0 Å². The molecule has 0 fully saturated rings. The van der Waals surface area contributed by atoms with E-state index in [1.165, 1.54) is 44.5 Å². The molecule has 2 heterocycles.